The molecule has 174 valence electrons. The summed E-state index contributed by atoms with van der Waals surface area (Å²) < 4.78 is 27.3. The molecule has 2 amide bonds. The molecule has 2 rings (SSSR count). The highest BCUT2D eigenvalue weighted by Gasteiger charge is 2.29. The number of hydrogen-bond donors (Lipinski definition) is 1. The molecular weight excluding hydrogens is 454 g/mol. The topological polar surface area (TPSA) is 49.4 Å². The zero-order chi connectivity index (χ0) is 23.7. The smallest absolute Gasteiger partial charge is 0.243 e. The molecule has 2 aromatic carbocycles. The molecule has 0 bridgehead atoms. The minimum Gasteiger partial charge on any atom is -0.352 e. The van der Waals surface area contributed by atoms with Crippen molar-refractivity contribution in [1.82, 2.24) is 10.2 Å². The maximum atomic E-state index is 14.0. The van der Waals surface area contributed by atoms with Crippen LogP contribution in [0.4, 0.5) is 8.78 Å². The highest BCUT2D eigenvalue weighted by Crippen LogP contribution is 2.24. The van der Waals surface area contributed by atoms with Gasteiger partial charge < -0.3 is 10.2 Å². The SMILES string of the molecule is CCC(C)NC(=O)C(CC)N(Cc1ccc(F)cc1)C(=O)CSCc1c(F)cccc1Cl. The maximum absolute atomic E-state index is 14.0. The number of hydrogen-bond acceptors (Lipinski definition) is 3. The molecule has 0 saturated heterocycles. The summed E-state index contributed by atoms with van der Waals surface area (Å²) in [4.78, 5) is 27.6. The first-order valence-electron chi connectivity index (χ1n) is 10.6. The van der Waals surface area contributed by atoms with Crippen molar-refractivity contribution >= 4 is 35.2 Å². The average molecular weight is 483 g/mol. The van der Waals surface area contributed by atoms with Gasteiger partial charge in [0.2, 0.25) is 11.8 Å². The van der Waals surface area contributed by atoms with Crippen LogP contribution in [-0.4, -0.2) is 34.6 Å². The largest absolute Gasteiger partial charge is 0.352 e. The molecule has 0 spiro atoms. The van der Waals surface area contributed by atoms with E-state index in [4.69, 9.17) is 11.6 Å². The monoisotopic (exact) mass is 482 g/mol. The van der Waals surface area contributed by atoms with E-state index in [-0.39, 0.29) is 41.7 Å². The number of carbonyl (C=O) groups is 2. The fraction of sp³-hybridized carbons (Fsp3) is 0.417. The quantitative estimate of drug-likeness (QED) is 0.455. The Hall–Kier alpha value is -2.12. The van der Waals surface area contributed by atoms with E-state index >= 15 is 0 Å². The number of carbonyl (C=O) groups excluding carboxylic acids is 2. The van der Waals surface area contributed by atoms with Gasteiger partial charge >= 0.3 is 0 Å². The molecule has 2 unspecified atom stereocenters. The van der Waals surface area contributed by atoms with E-state index < -0.39 is 11.9 Å². The average Bonchev–Trinajstić information content (AvgIpc) is 2.76. The highest BCUT2D eigenvalue weighted by molar-refractivity contribution is 7.99. The number of benzene rings is 2. The number of nitrogens with one attached hydrogen (secondary N) is 1. The van der Waals surface area contributed by atoms with E-state index in [9.17, 15) is 18.4 Å². The number of halogens is 3. The van der Waals surface area contributed by atoms with E-state index in [0.717, 1.165) is 12.0 Å². The van der Waals surface area contributed by atoms with E-state index in [1.807, 2.05) is 20.8 Å². The first-order valence-corrected chi connectivity index (χ1v) is 12.1. The number of rotatable bonds is 11. The zero-order valence-corrected chi connectivity index (χ0v) is 20.1. The fourth-order valence-electron chi connectivity index (χ4n) is 3.14. The van der Waals surface area contributed by atoms with Crippen LogP contribution < -0.4 is 5.32 Å². The molecule has 2 aromatic rings. The van der Waals surface area contributed by atoms with Crippen molar-refractivity contribution in [2.45, 2.75) is 58.0 Å². The number of thioether (sulfide) groups is 1. The number of nitrogens with zero attached hydrogens (tertiary/aromatic N) is 1. The summed E-state index contributed by atoms with van der Waals surface area (Å²) in [7, 11) is 0. The second kappa shape index (κ2) is 12.8. The van der Waals surface area contributed by atoms with Crippen LogP contribution in [0.25, 0.3) is 0 Å². The zero-order valence-electron chi connectivity index (χ0n) is 18.5. The van der Waals surface area contributed by atoms with Gasteiger partial charge in [-0.05, 0) is 49.6 Å². The second-order valence-corrected chi connectivity index (χ2v) is 8.98. The second-order valence-electron chi connectivity index (χ2n) is 7.58. The summed E-state index contributed by atoms with van der Waals surface area (Å²) in [5.41, 5.74) is 1.07. The van der Waals surface area contributed by atoms with Crippen LogP contribution in [0.1, 0.15) is 44.7 Å². The van der Waals surface area contributed by atoms with Gasteiger partial charge in [-0.3, -0.25) is 9.59 Å². The fourth-order valence-corrected chi connectivity index (χ4v) is 4.39. The summed E-state index contributed by atoms with van der Waals surface area (Å²) in [5.74, 6) is -0.973. The van der Waals surface area contributed by atoms with Crippen molar-refractivity contribution < 1.29 is 18.4 Å². The Morgan fingerprint density at radius 1 is 1.09 bits per heavy atom. The van der Waals surface area contributed by atoms with Gasteiger partial charge in [0.1, 0.15) is 17.7 Å². The predicted octanol–water partition coefficient (Wildman–Crippen LogP) is 5.57. The van der Waals surface area contributed by atoms with Gasteiger partial charge in [-0.25, -0.2) is 8.78 Å². The molecule has 0 fully saturated rings. The van der Waals surface area contributed by atoms with E-state index in [1.165, 1.54) is 40.9 Å². The Kier molecular flexibility index (Phi) is 10.5. The Morgan fingerprint density at radius 2 is 1.78 bits per heavy atom. The third-order valence-corrected chi connectivity index (χ3v) is 6.48. The van der Waals surface area contributed by atoms with Crippen LogP contribution >= 0.6 is 23.4 Å². The molecule has 8 heteroatoms. The van der Waals surface area contributed by atoms with Crippen molar-refractivity contribution in [3.63, 3.8) is 0 Å². The third kappa shape index (κ3) is 7.48. The molecule has 0 aromatic heterocycles. The van der Waals surface area contributed by atoms with Crippen molar-refractivity contribution in [2.24, 2.45) is 0 Å². The summed E-state index contributed by atoms with van der Waals surface area (Å²) >= 11 is 7.31. The third-order valence-electron chi connectivity index (χ3n) is 5.19. The van der Waals surface area contributed by atoms with E-state index in [1.54, 1.807) is 18.2 Å². The van der Waals surface area contributed by atoms with Crippen LogP contribution in [0.5, 0.6) is 0 Å². The van der Waals surface area contributed by atoms with Crippen LogP contribution in [0.2, 0.25) is 5.02 Å². The first-order chi connectivity index (χ1) is 15.3. The summed E-state index contributed by atoms with van der Waals surface area (Å²) in [6.45, 7) is 5.90. The van der Waals surface area contributed by atoms with Crippen LogP contribution in [-0.2, 0) is 21.9 Å². The van der Waals surface area contributed by atoms with E-state index in [0.29, 0.717) is 17.0 Å². The molecule has 32 heavy (non-hydrogen) atoms. The summed E-state index contributed by atoms with van der Waals surface area (Å²) in [6, 6.07) is 9.63. The van der Waals surface area contributed by atoms with Gasteiger partial charge in [0.15, 0.2) is 0 Å². The van der Waals surface area contributed by atoms with Crippen molar-refractivity contribution in [3.8, 4) is 0 Å². The standard InChI is InChI=1S/C24H29ClF2N2O2S/c1-4-16(3)28-24(31)22(5-2)29(13-17-9-11-18(26)12-10-17)23(30)15-32-14-19-20(25)7-6-8-21(19)27/h6-12,16,22H,4-5,13-15H2,1-3H3,(H,28,31). The lowest BCUT2D eigenvalue weighted by atomic mass is 10.1. The highest BCUT2D eigenvalue weighted by atomic mass is 35.5. The van der Waals surface area contributed by atoms with Gasteiger partial charge in [0.05, 0.1) is 5.75 Å². The molecule has 2 atom stereocenters. The molecule has 0 saturated carbocycles. The van der Waals surface area contributed by atoms with Crippen LogP contribution in [0.15, 0.2) is 42.5 Å². The lowest BCUT2D eigenvalue weighted by Gasteiger charge is -2.31. The lowest BCUT2D eigenvalue weighted by molar-refractivity contribution is -0.139. The number of amides is 2. The predicted molar refractivity (Wildman–Crippen MR) is 126 cm³/mol. The summed E-state index contributed by atoms with van der Waals surface area (Å²) in [5, 5.41) is 3.25. The van der Waals surface area contributed by atoms with Crippen molar-refractivity contribution in [3.05, 3.63) is 70.2 Å². The minimum absolute atomic E-state index is 0.0168. The van der Waals surface area contributed by atoms with Crippen molar-refractivity contribution in [2.75, 3.05) is 5.75 Å². The summed E-state index contributed by atoms with van der Waals surface area (Å²) in [6.07, 6.45) is 1.20. The molecular formula is C24H29ClF2N2O2S. The van der Waals surface area contributed by atoms with Gasteiger partial charge in [-0.1, -0.05) is 43.6 Å². The van der Waals surface area contributed by atoms with Gasteiger partial charge in [-0.2, -0.15) is 0 Å². The lowest BCUT2D eigenvalue weighted by Crippen LogP contribution is -2.51. The van der Waals surface area contributed by atoms with Gasteiger partial charge in [-0.15, -0.1) is 11.8 Å². The van der Waals surface area contributed by atoms with Gasteiger partial charge in [0.25, 0.3) is 0 Å². The van der Waals surface area contributed by atoms with Gasteiger partial charge in [0, 0.05) is 28.9 Å². The molecule has 0 aliphatic rings. The Bertz CT molecular complexity index is 891. The van der Waals surface area contributed by atoms with E-state index in [2.05, 4.69) is 5.32 Å². The Labute approximate surface area is 197 Å². The normalized spacial score (nSPS) is 12.8. The molecule has 0 heterocycles. The maximum Gasteiger partial charge on any atom is 0.243 e. The first kappa shape index (κ1) is 26.1. The molecule has 4 nitrogen and oxygen atoms in total. The molecule has 0 aliphatic carbocycles. The Morgan fingerprint density at radius 3 is 2.38 bits per heavy atom. The molecule has 1 N–H and O–H groups in total. The van der Waals surface area contributed by atoms with Crippen LogP contribution in [0, 0.1) is 11.6 Å². The Balaban J connectivity index is 2.16. The van der Waals surface area contributed by atoms with Crippen molar-refractivity contribution in [1.29, 1.82) is 0 Å². The molecule has 0 aliphatic heterocycles. The van der Waals surface area contributed by atoms with Crippen LogP contribution in [0.3, 0.4) is 0 Å². The minimum atomic E-state index is -0.667. The molecule has 0 radical (unpaired) electrons.